The van der Waals surface area contributed by atoms with E-state index in [1.165, 1.54) is 6.92 Å². The van der Waals surface area contributed by atoms with Gasteiger partial charge in [-0.1, -0.05) is 31.4 Å². The van der Waals surface area contributed by atoms with Crippen molar-refractivity contribution in [1.29, 1.82) is 0 Å². The summed E-state index contributed by atoms with van der Waals surface area (Å²) >= 11 is 5.83. The Labute approximate surface area is 121 Å². The molecule has 0 unspecified atom stereocenters. The zero-order valence-corrected chi connectivity index (χ0v) is 12.1. The lowest BCUT2D eigenvalue weighted by Crippen LogP contribution is -2.08. The Morgan fingerprint density at radius 3 is 2.40 bits per heavy atom. The Bertz CT molecular complexity index is 534. The third-order valence-corrected chi connectivity index (χ3v) is 3.32. The molecular formula is C12H16ClN3O4. The molecule has 1 aromatic rings. The highest BCUT2D eigenvalue weighted by molar-refractivity contribution is 6.32. The van der Waals surface area contributed by atoms with Crippen LogP contribution in [-0.4, -0.2) is 16.4 Å². The van der Waals surface area contributed by atoms with Gasteiger partial charge in [-0.3, -0.25) is 20.2 Å². The van der Waals surface area contributed by atoms with Crippen LogP contribution in [-0.2, 0) is 0 Å². The van der Waals surface area contributed by atoms with Gasteiger partial charge in [-0.2, -0.15) is 0 Å². The highest BCUT2D eigenvalue weighted by atomic mass is 35.5. The maximum absolute atomic E-state index is 11.1. The first-order chi connectivity index (χ1) is 9.40. The van der Waals surface area contributed by atoms with Crippen molar-refractivity contribution < 1.29 is 9.85 Å². The lowest BCUT2D eigenvalue weighted by molar-refractivity contribution is -0.392. The van der Waals surface area contributed by atoms with E-state index in [1.54, 1.807) is 0 Å². The number of nitro groups is 2. The number of nitrogens with one attached hydrogen (secondary N) is 1. The third-order valence-electron chi connectivity index (χ3n) is 2.93. The minimum atomic E-state index is -0.666. The molecule has 0 spiro atoms. The molecule has 0 fully saturated rings. The van der Waals surface area contributed by atoms with Crippen molar-refractivity contribution in [2.75, 3.05) is 11.9 Å². The second-order valence-electron chi connectivity index (χ2n) is 4.37. The summed E-state index contributed by atoms with van der Waals surface area (Å²) in [6.07, 6.45) is 2.72. The van der Waals surface area contributed by atoms with Gasteiger partial charge in [0.05, 0.1) is 14.9 Å². The van der Waals surface area contributed by atoms with Crippen LogP contribution in [0.4, 0.5) is 17.1 Å². The van der Waals surface area contributed by atoms with Gasteiger partial charge in [-0.15, -0.1) is 0 Å². The van der Waals surface area contributed by atoms with Crippen molar-refractivity contribution in [3.8, 4) is 0 Å². The average Bonchev–Trinajstić information content (AvgIpc) is 2.37. The molecule has 0 saturated carbocycles. The van der Waals surface area contributed by atoms with Crippen LogP contribution in [0.1, 0.15) is 31.7 Å². The minimum absolute atomic E-state index is 0.0162. The van der Waals surface area contributed by atoms with Crippen LogP contribution < -0.4 is 5.32 Å². The molecule has 0 saturated heterocycles. The predicted molar refractivity (Wildman–Crippen MR) is 77.5 cm³/mol. The van der Waals surface area contributed by atoms with E-state index >= 15 is 0 Å². The van der Waals surface area contributed by atoms with Crippen molar-refractivity contribution in [2.45, 2.75) is 33.1 Å². The van der Waals surface area contributed by atoms with Crippen LogP contribution in [0.25, 0.3) is 0 Å². The van der Waals surface area contributed by atoms with Crippen LogP contribution in [0.2, 0.25) is 5.02 Å². The first-order valence-corrected chi connectivity index (χ1v) is 6.63. The lowest BCUT2D eigenvalue weighted by atomic mass is 10.1. The Morgan fingerprint density at radius 2 is 1.90 bits per heavy atom. The molecule has 0 aromatic heterocycles. The molecule has 20 heavy (non-hydrogen) atoms. The summed E-state index contributed by atoms with van der Waals surface area (Å²) < 4.78 is 0. The molecule has 0 aliphatic rings. The van der Waals surface area contributed by atoms with E-state index in [-0.39, 0.29) is 27.6 Å². The molecule has 0 aliphatic carbocycles. The maximum atomic E-state index is 11.1. The van der Waals surface area contributed by atoms with E-state index < -0.39 is 9.85 Å². The fourth-order valence-corrected chi connectivity index (χ4v) is 2.05. The molecule has 0 heterocycles. The largest absolute Gasteiger partial charge is 0.374 e. The van der Waals surface area contributed by atoms with Gasteiger partial charge in [-0.25, -0.2) is 0 Å². The van der Waals surface area contributed by atoms with Crippen LogP contribution in [0.15, 0.2) is 6.07 Å². The predicted octanol–water partition coefficient (Wildman–Crippen LogP) is 4.07. The lowest BCUT2D eigenvalue weighted by Gasteiger charge is -2.10. The molecule has 1 aromatic carbocycles. The first-order valence-electron chi connectivity index (χ1n) is 6.25. The molecule has 1 N–H and O–H groups in total. The van der Waals surface area contributed by atoms with Crippen LogP contribution in [0.3, 0.4) is 0 Å². The monoisotopic (exact) mass is 301 g/mol. The summed E-state index contributed by atoms with van der Waals surface area (Å²) in [7, 11) is 0. The van der Waals surface area contributed by atoms with Gasteiger partial charge < -0.3 is 5.32 Å². The normalized spacial score (nSPS) is 10.3. The van der Waals surface area contributed by atoms with E-state index in [2.05, 4.69) is 5.32 Å². The Morgan fingerprint density at radius 1 is 1.25 bits per heavy atom. The standard InChI is InChI=1S/C12H16ClN3O4/c1-3-4-5-6-14-11-10(15(17)18)7-9(13)8(2)12(11)16(19)20/h7,14H,3-6H2,1-2H3. The SMILES string of the molecule is CCCCCNc1c([N+](=O)[O-])cc(Cl)c(C)c1[N+](=O)[O-]. The highest BCUT2D eigenvalue weighted by Gasteiger charge is 2.29. The van der Waals surface area contributed by atoms with E-state index in [1.807, 2.05) is 6.92 Å². The van der Waals surface area contributed by atoms with Gasteiger partial charge in [0.2, 0.25) is 0 Å². The molecule has 7 nitrogen and oxygen atoms in total. The van der Waals surface area contributed by atoms with Gasteiger partial charge in [-0.05, 0) is 13.3 Å². The van der Waals surface area contributed by atoms with Gasteiger partial charge in [0.25, 0.3) is 0 Å². The molecule has 0 bridgehead atoms. The van der Waals surface area contributed by atoms with Crippen molar-refractivity contribution >= 4 is 28.7 Å². The summed E-state index contributed by atoms with van der Waals surface area (Å²) in [5.41, 5.74) is -0.553. The number of anilines is 1. The number of hydrogen-bond donors (Lipinski definition) is 1. The number of rotatable bonds is 7. The summed E-state index contributed by atoms with van der Waals surface area (Å²) in [4.78, 5) is 20.9. The second kappa shape index (κ2) is 7.04. The summed E-state index contributed by atoms with van der Waals surface area (Å²) in [5.74, 6) is 0. The van der Waals surface area contributed by atoms with Gasteiger partial charge in [0.15, 0.2) is 5.69 Å². The average molecular weight is 302 g/mol. The van der Waals surface area contributed by atoms with Crippen molar-refractivity contribution in [3.05, 3.63) is 36.9 Å². The number of benzene rings is 1. The molecule has 8 heteroatoms. The third kappa shape index (κ3) is 3.57. The molecule has 110 valence electrons. The Hall–Kier alpha value is -1.89. The van der Waals surface area contributed by atoms with Crippen molar-refractivity contribution in [3.63, 3.8) is 0 Å². The molecule has 0 amide bonds. The molecular weight excluding hydrogens is 286 g/mol. The quantitative estimate of drug-likeness (QED) is 0.465. The Balaban J connectivity index is 3.25. The summed E-state index contributed by atoms with van der Waals surface area (Å²) in [6, 6.07) is 1.14. The van der Waals surface area contributed by atoms with Gasteiger partial charge in [0.1, 0.15) is 0 Å². The fourth-order valence-electron chi connectivity index (χ4n) is 1.86. The number of hydrogen-bond acceptors (Lipinski definition) is 5. The zero-order chi connectivity index (χ0) is 15.3. The number of nitrogens with zero attached hydrogens (tertiary/aromatic N) is 2. The van der Waals surface area contributed by atoms with E-state index in [4.69, 9.17) is 11.6 Å². The van der Waals surface area contributed by atoms with Gasteiger partial charge >= 0.3 is 11.4 Å². The van der Waals surface area contributed by atoms with E-state index in [9.17, 15) is 20.2 Å². The van der Waals surface area contributed by atoms with Crippen LogP contribution in [0.5, 0.6) is 0 Å². The second-order valence-corrected chi connectivity index (χ2v) is 4.78. The first kappa shape index (κ1) is 16.2. The van der Waals surface area contributed by atoms with E-state index in [0.29, 0.717) is 6.54 Å². The topological polar surface area (TPSA) is 98.3 Å². The zero-order valence-electron chi connectivity index (χ0n) is 11.3. The van der Waals surface area contributed by atoms with Gasteiger partial charge in [0, 0.05) is 18.2 Å². The minimum Gasteiger partial charge on any atom is -0.374 e. The Kier molecular flexibility index (Phi) is 5.69. The summed E-state index contributed by atoms with van der Waals surface area (Å²) in [5, 5.41) is 25.0. The summed E-state index contributed by atoms with van der Waals surface area (Å²) in [6.45, 7) is 3.94. The molecule has 0 atom stereocenters. The van der Waals surface area contributed by atoms with E-state index in [0.717, 1.165) is 25.3 Å². The molecule has 0 radical (unpaired) electrons. The fraction of sp³-hybridized carbons (Fsp3) is 0.500. The van der Waals surface area contributed by atoms with Crippen molar-refractivity contribution in [2.24, 2.45) is 0 Å². The number of halogens is 1. The smallest absolute Gasteiger partial charge is 0.303 e. The highest BCUT2D eigenvalue weighted by Crippen LogP contribution is 2.40. The molecule has 0 aliphatic heterocycles. The number of unbranched alkanes of at least 4 members (excludes halogenated alkanes) is 2. The number of nitro benzene ring substituents is 2. The molecule has 1 rings (SSSR count). The van der Waals surface area contributed by atoms with Crippen molar-refractivity contribution in [1.82, 2.24) is 0 Å². The van der Waals surface area contributed by atoms with Crippen LogP contribution in [0, 0.1) is 27.2 Å². The maximum Gasteiger partial charge on any atom is 0.303 e. The van der Waals surface area contributed by atoms with Crippen LogP contribution >= 0.6 is 11.6 Å².